The van der Waals surface area contributed by atoms with Gasteiger partial charge in [-0.15, -0.1) is 0 Å². The number of amides is 1. The summed E-state index contributed by atoms with van der Waals surface area (Å²) in [5, 5.41) is 0. The van der Waals surface area contributed by atoms with E-state index >= 15 is 0 Å². The number of hydrogen-bond donors (Lipinski definition) is 1. The molecular weight excluding hydrogens is 363 g/mol. The Morgan fingerprint density at radius 1 is 1.14 bits per heavy atom. The summed E-state index contributed by atoms with van der Waals surface area (Å²) >= 11 is 0. The third-order valence-corrected chi connectivity index (χ3v) is 4.72. The van der Waals surface area contributed by atoms with Crippen LogP contribution in [0, 0.1) is 5.82 Å². The van der Waals surface area contributed by atoms with Gasteiger partial charge in [0.1, 0.15) is 5.82 Å². The highest BCUT2D eigenvalue weighted by Gasteiger charge is 2.24. The highest BCUT2D eigenvalue weighted by atomic mass is 19.1. The molecule has 2 aromatic carbocycles. The first-order valence-electron chi connectivity index (χ1n) is 9.87. The molecule has 0 saturated carbocycles. The van der Waals surface area contributed by atoms with Gasteiger partial charge in [-0.25, -0.2) is 4.39 Å². The first-order valence-corrected chi connectivity index (χ1v) is 9.87. The van der Waals surface area contributed by atoms with Gasteiger partial charge < -0.3 is 10.6 Å². The molecule has 0 radical (unpaired) electrons. The van der Waals surface area contributed by atoms with Crippen LogP contribution in [-0.4, -0.2) is 17.4 Å². The van der Waals surface area contributed by atoms with Gasteiger partial charge in [-0.3, -0.25) is 4.79 Å². The third-order valence-electron chi connectivity index (χ3n) is 4.72. The minimum Gasteiger partial charge on any atom is -0.401 e. The van der Waals surface area contributed by atoms with Crippen LogP contribution in [0.15, 0.2) is 91.2 Å². The predicted octanol–water partition coefficient (Wildman–Crippen LogP) is 5.32. The maximum absolute atomic E-state index is 13.2. The lowest BCUT2D eigenvalue weighted by Crippen LogP contribution is -2.37. The lowest BCUT2D eigenvalue weighted by atomic mass is 10.0. The first kappa shape index (κ1) is 22.2. The molecule has 29 heavy (non-hydrogen) atoms. The van der Waals surface area contributed by atoms with Gasteiger partial charge in [0.2, 0.25) is 5.91 Å². The topological polar surface area (TPSA) is 46.3 Å². The van der Waals surface area contributed by atoms with Crippen molar-refractivity contribution in [1.82, 2.24) is 4.90 Å². The van der Waals surface area contributed by atoms with Crippen molar-refractivity contribution < 1.29 is 9.18 Å². The molecule has 2 N–H and O–H groups in total. The van der Waals surface area contributed by atoms with Crippen molar-refractivity contribution in [2.24, 2.45) is 5.73 Å². The average molecular weight is 393 g/mol. The van der Waals surface area contributed by atoms with E-state index in [1.807, 2.05) is 41.3 Å². The van der Waals surface area contributed by atoms with Gasteiger partial charge >= 0.3 is 0 Å². The van der Waals surface area contributed by atoms with E-state index in [1.165, 1.54) is 12.1 Å². The number of carbonyl (C=O) groups excluding carboxylic acids is 1. The Balaban J connectivity index is 2.20. The van der Waals surface area contributed by atoms with Crippen LogP contribution in [0.3, 0.4) is 0 Å². The molecule has 0 aliphatic heterocycles. The fourth-order valence-corrected chi connectivity index (χ4v) is 3.24. The van der Waals surface area contributed by atoms with Crippen LogP contribution >= 0.6 is 0 Å². The maximum atomic E-state index is 13.2. The van der Waals surface area contributed by atoms with Crippen molar-refractivity contribution in [3.63, 3.8) is 0 Å². The largest absolute Gasteiger partial charge is 0.401 e. The molecule has 2 aromatic rings. The zero-order valence-corrected chi connectivity index (χ0v) is 16.9. The van der Waals surface area contributed by atoms with Gasteiger partial charge in [0.15, 0.2) is 0 Å². The molecule has 0 heterocycles. The highest BCUT2D eigenvalue weighted by molar-refractivity contribution is 5.77. The summed E-state index contributed by atoms with van der Waals surface area (Å²) in [5.74, 6) is -0.253. The smallest absolute Gasteiger partial charge is 0.223 e. The van der Waals surface area contributed by atoms with Crippen molar-refractivity contribution in [1.29, 1.82) is 0 Å². The number of hydrogen-bond acceptors (Lipinski definition) is 2. The van der Waals surface area contributed by atoms with E-state index in [9.17, 15) is 9.18 Å². The van der Waals surface area contributed by atoms with Crippen LogP contribution in [0.25, 0.3) is 0 Å². The van der Waals surface area contributed by atoms with Crippen molar-refractivity contribution in [3.05, 3.63) is 108 Å². The minimum absolute atomic E-state index is 0.0223. The summed E-state index contributed by atoms with van der Waals surface area (Å²) in [6.45, 7) is 6.05. The Hall–Kier alpha value is -3.14. The molecule has 0 spiro atoms. The summed E-state index contributed by atoms with van der Waals surface area (Å²) in [6.07, 6.45) is 8.75. The molecule has 1 unspecified atom stereocenters. The second kappa shape index (κ2) is 11.6. The second-order valence-corrected chi connectivity index (χ2v) is 6.85. The number of carbonyl (C=O) groups is 1. The lowest BCUT2D eigenvalue weighted by Gasteiger charge is -2.32. The van der Waals surface area contributed by atoms with Crippen molar-refractivity contribution in [2.75, 3.05) is 6.54 Å². The Labute approximate surface area is 173 Å². The SMILES string of the molecule is C=C/C=C\C=C(/N)CN(C(=O)CCc1ccc(F)cc1)C(CC)c1ccccc1. The third kappa shape index (κ3) is 7.07. The van der Waals surface area contributed by atoms with E-state index in [1.54, 1.807) is 30.4 Å². The maximum Gasteiger partial charge on any atom is 0.223 e. The molecule has 1 atom stereocenters. The van der Waals surface area contributed by atoms with Gasteiger partial charge in [0.25, 0.3) is 0 Å². The Kier molecular flexibility index (Phi) is 8.90. The Morgan fingerprint density at radius 2 is 1.83 bits per heavy atom. The van der Waals surface area contributed by atoms with Gasteiger partial charge in [-0.1, -0.05) is 74.2 Å². The number of allylic oxidation sites excluding steroid dienone is 4. The van der Waals surface area contributed by atoms with E-state index in [4.69, 9.17) is 5.73 Å². The fraction of sp³-hybridized carbons (Fsp3) is 0.240. The molecule has 3 nitrogen and oxygen atoms in total. The highest BCUT2D eigenvalue weighted by Crippen LogP contribution is 2.25. The molecular formula is C25H29FN2O. The van der Waals surface area contributed by atoms with Crippen LogP contribution in [0.5, 0.6) is 0 Å². The molecule has 152 valence electrons. The van der Waals surface area contributed by atoms with E-state index in [2.05, 4.69) is 13.5 Å². The molecule has 0 aliphatic rings. The number of rotatable bonds is 10. The van der Waals surface area contributed by atoms with Crippen molar-refractivity contribution in [2.45, 2.75) is 32.2 Å². The van der Waals surface area contributed by atoms with Crippen LogP contribution in [0.4, 0.5) is 4.39 Å². The summed E-state index contributed by atoms with van der Waals surface area (Å²) in [4.78, 5) is 15.0. The van der Waals surface area contributed by atoms with E-state index in [0.717, 1.165) is 17.5 Å². The summed E-state index contributed by atoms with van der Waals surface area (Å²) in [5.41, 5.74) is 8.81. The minimum atomic E-state index is -0.276. The quantitative estimate of drug-likeness (QED) is 0.556. The van der Waals surface area contributed by atoms with E-state index in [-0.39, 0.29) is 17.8 Å². The molecule has 0 bridgehead atoms. The van der Waals surface area contributed by atoms with E-state index in [0.29, 0.717) is 25.1 Å². The van der Waals surface area contributed by atoms with Gasteiger partial charge in [0.05, 0.1) is 12.6 Å². The van der Waals surface area contributed by atoms with Gasteiger partial charge in [-0.2, -0.15) is 0 Å². The molecule has 0 aliphatic carbocycles. The van der Waals surface area contributed by atoms with Crippen LogP contribution < -0.4 is 5.73 Å². The predicted molar refractivity (Wildman–Crippen MR) is 118 cm³/mol. The van der Waals surface area contributed by atoms with E-state index < -0.39 is 0 Å². The number of nitrogens with two attached hydrogens (primary N) is 1. The average Bonchev–Trinajstić information content (AvgIpc) is 2.74. The molecule has 0 fully saturated rings. The Bertz CT molecular complexity index is 841. The number of nitrogens with zero attached hydrogens (tertiary/aromatic N) is 1. The van der Waals surface area contributed by atoms with Gasteiger partial charge in [0, 0.05) is 12.1 Å². The summed E-state index contributed by atoms with van der Waals surface area (Å²) < 4.78 is 13.1. The van der Waals surface area contributed by atoms with Crippen LogP contribution in [-0.2, 0) is 11.2 Å². The number of halogens is 1. The molecule has 2 rings (SSSR count). The first-order chi connectivity index (χ1) is 14.0. The monoisotopic (exact) mass is 392 g/mol. The van der Waals surface area contributed by atoms with Crippen LogP contribution in [0.1, 0.15) is 36.9 Å². The second-order valence-electron chi connectivity index (χ2n) is 6.85. The fourth-order valence-electron chi connectivity index (χ4n) is 3.24. The van der Waals surface area contributed by atoms with Crippen molar-refractivity contribution in [3.8, 4) is 0 Å². The number of aryl methyl sites for hydroxylation is 1. The molecule has 0 saturated heterocycles. The normalized spacial score (nSPS) is 12.7. The summed E-state index contributed by atoms with van der Waals surface area (Å²) in [6, 6.07) is 16.2. The standard InChI is InChI=1S/C25H29FN2O/c1-3-5-7-12-23(27)19-28(24(4-2)21-10-8-6-9-11-21)25(29)18-15-20-13-16-22(26)17-14-20/h3,5-14,16-17,24H,1,4,15,18-19,27H2,2H3/b7-5-,23-12-. The Morgan fingerprint density at radius 3 is 2.45 bits per heavy atom. The lowest BCUT2D eigenvalue weighted by molar-refractivity contribution is -0.133. The van der Waals surface area contributed by atoms with Crippen LogP contribution in [0.2, 0.25) is 0 Å². The van der Waals surface area contributed by atoms with Crippen molar-refractivity contribution >= 4 is 5.91 Å². The molecule has 4 heteroatoms. The van der Waals surface area contributed by atoms with Gasteiger partial charge in [-0.05, 0) is 42.2 Å². The number of benzene rings is 2. The molecule has 1 amide bonds. The zero-order valence-electron chi connectivity index (χ0n) is 16.9. The zero-order chi connectivity index (χ0) is 21.1. The molecule has 0 aromatic heterocycles. The summed E-state index contributed by atoms with van der Waals surface area (Å²) in [7, 11) is 0.